The first-order valence-corrected chi connectivity index (χ1v) is 8.90. The number of methoxy groups -OCH3 is 1. The zero-order valence-corrected chi connectivity index (χ0v) is 15.1. The first-order valence-electron chi connectivity index (χ1n) is 8.90. The highest BCUT2D eigenvalue weighted by Gasteiger charge is 2.24. The van der Waals surface area contributed by atoms with Gasteiger partial charge in [-0.05, 0) is 63.3 Å². The van der Waals surface area contributed by atoms with Gasteiger partial charge in [-0.1, -0.05) is 0 Å². The van der Waals surface area contributed by atoms with Gasteiger partial charge in [0.05, 0.1) is 12.6 Å². The Morgan fingerprint density at radius 1 is 1.12 bits per heavy atom. The van der Waals surface area contributed by atoms with Crippen LogP contribution < -0.4 is 4.74 Å². The van der Waals surface area contributed by atoms with E-state index in [0.29, 0.717) is 6.42 Å². The number of aromatic nitrogens is 1. The van der Waals surface area contributed by atoms with Gasteiger partial charge in [0.25, 0.3) is 0 Å². The zero-order valence-electron chi connectivity index (χ0n) is 15.1. The van der Waals surface area contributed by atoms with Gasteiger partial charge in [-0.2, -0.15) is 0 Å². The van der Waals surface area contributed by atoms with Gasteiger partial charge in [-0.15, -0.1) is 0 Å². The predicted molar refractivity (Wildman–Crippen MR) is 102 cm³/mol. The van der Waals surface area contributed by atoms with Crippen LogP contribution in [0.25, 0.3) is 21.8 Å². The Kier molecular flexibility index (Phi) is 4.00. The van der Waals surface area contributed by atoms with E-state index in [0.717, 1.165) is 37.2 Å². The number of hydrogen-bond acceptors (Lipinski definition) is 3. The Labute approximate surface area is 148 Å². The third-order valence-electron chi connectivity index (χ3n) is 5.24. The van der Waals surface area contributed by atoms with E-state index in [9.17, 15) is 4.79 Å². The maximum Gasteiger partial charge on any atom is 0.163 e. The number of fused-ring (bicyclic) bond motifs is 5. The van der Waals surface area contributed by atoms with Crippen molar-refractivity contribution >= 4 is 27.6 Å². The highest BCUT2D eigenvalue weighted by Crippen LogP contribution is 2.38. The quantitative estimate of drug-likeness (QED) is 0.709. The van der Waals surface area contributed by atoms with Crippen molar-refractivity contribution in [1.29, 1.82) is 0 Å². The van der Waals surface area contributed by atoms with Gasteiger partial charge < -0.3 is 14.2 Å². The molecule has 0 fully saturated rings. The van der Waals surface area contributed by atoms with Crippen LogP contribution >= 0.6 is 0 Å². The molecule has 1 heterocycles. The van der Waals surface area contributed by atoms with Crippen LogP contribution in [0, 0.1) is 0 Å². The van der Waals surface area contributed by atoms with Crippen molar-refractivity contribution < 1.29 is 9.53 Å². The molecule has 0 amide bonds. The van der Waals surface area contributed by atoms with Crippen LogP contribution in [-0.4, -0.2) is 43.0 Å². The summed E-state index contributed by atoms with van der Waals surface area (Å²) in [6, 6.07) is 10.4. The summed E-state index contributed by atoms with van der Waals surface area (Å²) in [6.07, 6.45) is 2.57. The van der Waals surface area contributed by atoms with E-state index in [4.69, 9.17) is 4.74 Å². The Bertz CT molecular complexity index is 969. The molecule has 0 spiro atoms. The van der Waals surface area contributed by atoms with Gasteiger partial charge >= 0.3 is 0 Å². The minimum atomic E-state index is 0.277. The molecule has 4 nitrogen and oxygen atoms in total. The van der Waals surface area contributed by atoms with Crippen molar-refractivity contribution in [2.45, 2.75) is 25.8 Å². The van der Waals surface area contributed by atoms with E-state index < -0.39 is 0 Å². The van der Waals surface area contributed by atoms with Crippen LogP contribution in [0.4, 0.5) is 0 Å². The number of rotatable bonds is 5. The molecule has 0 bridgehead atoms. The molecule has 1 aromatic heterocycles. The number of ketones is 1. The number of benzene rings is 2. The van der Waals surface area contributed by atoms with Crippen molar-refractivity contribution in [2.24, 2.45) is 0 Å². The largest absolute Gasteiger partial charge is 0.497 e. The molecule has 4 rings (SSSR count). The van der Waals surface area contributed by atoms with E-state index >= 15 is 0 Å². The molecule has 25 heavy (non-hydrogen) atoms. The molecule has 0 radical (unpaired) electrons. The Morgan fingerprint density at radius 2 is 1.96 bits per heavy atom. The molecule has 4 heteroatoms. The molecule has 0 aliphatic heterocycles. The summed E-state index contributed by atoms with van der Waals surface area (Å²) in [7, 11) is 5.91. The van der Waals surface area contributed by atoms with Gasteiger partial charge in [0.1, 0.15) is 5.75 Å². The van der Waals surface area contributed by atoms with Crippen LogP contribution in [0.15, 0.2) is 30.3 Å². The van der Waals surface area contributed by atoms with Crippen molar-refractivity contribution in [3.63, 3.8) is 0 Å². The van der Waals surface area contributed by atoms with E-state index in [2.05, 4.69) is 41.8 Å². The van der Waals surface area contributed by atoms with Gasteiger partial charge in [0.15, 0.2) is 5.78 Å². The first kappa shape index (κ1) is 16.2. The molecule has 0 saturated heterocycles. The normalized spacial score (nSPS) is 14.0. The summed E-state index contributed by atoms with van der Waals surface area (Å²) in [6.45, 7) is 2.01. The number of hydrogen-bond donors (Lipinski definition) is 0. The standard InChI is InChI=1S/C21H24N2O2/c1-22(2)11-4-12-23-18-9-7-15-16(8-10-20(15)24)21(18)17-6-5-14(25-3)13-19(17)23/h5-7,9,13H,4,8,10-12H2,1-3H3. The topological polar surface area (TPSA) is 34.5 Å². The average Bonchev–Trinajstić information content (AvgIpc) is 3.13. The Hall–Kier alpha value is -2.33. The van der Waals surface area contributed by atoms with Gasteiger partial charge in [0.2, 0.25) is 0 Å². The fourth-order valence-corrected chi connectivity index (χ4v) is 4.04. The second-order valence-electron chi connectivity index (χ2n) is 7.10. The molecule has 1 aliphatic rings. The van der Waals surface area contributed by atoms with Crippen LogP contribution in [0.5, 0.6) is 5.75 Å². The summed E-state index contributed by atoms with van der Waals surface area (Å²) in [4.78, 5) is 14.4. The fraction of sp³-hybridized carbons (Fsp3) is 0.381. The van der Waals surface area contributed by atoms with Gasteiger partial charge in [-0.25, -0.2) is 0 Å². The van der Waals surface area contributed by atoms with Crippen molar-refractivity contribution in [3.05, 3.63) is 41.5 Å². The average molecular weight is 336 g/mol. The minimum absolute atomic E-state index is 0.277. The fourth-order valence-electron chi connectivity index (χ4n) is 4.04. The summed E-state index contributed by atoms with van der Waals surface area (Å²) in [5.41, 5.74) is 4.57. The molecule has 130 valence electrons. The Morgan fingerprint density at radius 3 is 2.72 bits per heavy atom. The third kappa shape index (κ3) is 2.61. The molecule has 0 saturated carbocycles. The number of Topliss-reactive ketones (excluding diaryl/α,β-unsaturated/α-hetero) is 1. The van der Waals surface area contributed by atoms with Crippen LogP contribution in [0.2, 0.25) is 0 Å². The number of carbonyl (C=O) groups excluding carboxylic acids is 1. The van der Waals surface area contributed by atoms with Gasteiger partial charge in [0, 0.05) is 40.9 Å². The molecular weight excluding hydrogens is 312 g/mol. The zero-order chi connectivity index (χ0) is 17.6. The van der Waals surface area contributed by atoms with Crippen molar-refractivity contribution in [3.8, 4) is 5.75 Å². The van der Waals surface area contributed by atoms with Crippen LogP contribution in [0.3, 0.4) is 0 Å². The predicted octanol–water partition coefficient (Wildman–Crippen LogP) is 3.88. The second-order valence-corrected chi connectivity index (χ2v) is 7.10. The third-order valence-corrected chi connectivity index (χ3v) is 5.24. The highest BCUT2D eigenvalue weighted by molar-refractivity contribution is 6.15. The minimum Gasteiger partial charge on any atom is -0.497 e. The second kappa shape index (κ2) is 6.19. The molecule has 1 aliphatic carbocycles. The van der Waals surface area contributed by atoms with Crippen molar-refractivity contribution in [1.82, 2.24) is 9.47 Å². The lowest BCUT2D eigenvalue weighted by Crippen LogP contribution is -2.15. The maximum absolute atomic E-state index is 12.2. The van der Waals surface area contributed by atoms with E-state index in [-0.39, 0.29) is 5.78 Å². The first-order chi connectivity index (χ1) is 12.1. The monoisotopic (exact) mass is 336 g/mol. The summed E-state index contributed by atoms with van der Waals surface area (Å²) in [5, 5.41) is 2.48. The maximum atomic E-state index is 12.2. The van der Waals surface area contributed by atoms with Crippen LogP contribution in [0.1, 0.15) is 28.8 Å². The van der Waals surface area contributed by atoms with E-state index in [1.54, 1.807) is 7.11 Å². The summed E-state index contributed by atoms with van der Waals surface area (Å²) in [5.74, 6) is 1.15. The molecular formula is C21H24N2O2. The number of nitrogens with zero attached hydrogens (tertiary/aromatic N) is 2. The van der Waals surface area contributed by atoms with Crippen molar-refractivity contribution in [2.75, 3.05) is 27.7 Å². The van der Waals surface area contributed by atoms with Crippen LogP contribution in [-0.2, 0) is 13.0 Å². The number of aryl methyl sites for hydroxylation is 2. The molecule has 0 N–H and O–H groups in total. The number of ether oxygens (including phenoxy) is 1. The smallest absolute Gasteiger partial charge is 0.163 e. The van der Waals surface area contributed by atoms with E-state index in [1.807, 2.05) is 12.1 Å². The Balaban J connectivity index is 1.95. The molecule has 0 unspecified atom stereocenters. The lowest BCUT2D eigenvalue weighted by Gasteiger charge is -2.12. The number of carbonyl (C=O) groups is 1. The summed E-state index contributed by atoms with van der Waals surface area (Å²) < 4.78 is 7.84. The molecule has 0 atom stereocenters. The summed E-state index contributed by atoms with van der Waals surface area (Å²) >= 11 is 0. The lowest BCUT2D eigenvalue weighted by atomic mass is 10.0. The SMILES string of the molecule is COc1ccc2c3c4c(ccc3n(CCCN(C)C)c2c1)C(=O)CC4. The van der Waals surface area contributed by atoms with Gasteiger partial charge in [-0.3, -0.25) is 4.79 Å². The molecule has 2 aromatic carbocycles. The highest BCUT2D eigenvalue weighted by atomic mass is 16.5. The molecule has 3 aromatic rings. The lowest BCUT2D eigenvalue weighted by molar-refractivity contribution is 0.0994. The van der Waals surface area contributed by atoms with E-state index in [1.165, 1.54) is 27.4 Å².